The van der Waals surface area contributed by atoms with Gasteiger partial charge in [0.05, 0.1) is 12.5 Å². The average molecular weight is 408 g/mol. The van der Waals surface area contributed by atoms with Gasteiger partial charge in [0.1, 0.15) is 0 Å². The largest absolute Gasteiger partial charge is 0.350 e. The van der Waals surface area contributed by atoms with Gasteiger partial charge in [-0.1, -0.05) is 30.3 Å². The van der Waals surface area contributed by atoms with E-state index in [0.29, 0.717) is 24.3 Å². The first-order chi connectivity index (χ1) is 14.5. The van der Waals surface area contributed by atoms with Crippen LogP contribution in [0.25, 0.3) is 0 Å². The third-order valence-corrected chi connectivity index (χ3v) is 8.95. The predicted octanol–water partition coefficient (Wildman–Crippen LogP) is 2.63. The van der Waals surface area contributed by atoms with Crippen LogP contribution in [0.4, 0.5) is 0 Å². The second kappa shape index (κ2) is 6.56. The van der Waals surface area contributed by atoms with Crippen molar-refractivity contribution in [2.75, 3.05) is 6.54 Å². The molecule has 7 rings (SSSR count). The summed E-state index contributed by atoms with van der Waals surface area (Å²) >= 11 is 0. The van der Waals surface area contributed by atoms with E-state index in [4.69, 9.17) is 5.73 Å². The second-order valence-corrected chi connectivity index (χ2v) is 11.2. The highest BCUT2D eigenvalue weighted by molar-refractivity contribution is 5.84. The number of nitrogens with two attached hydrogens (primary N) is 1. The minimum Gasteiger partial charge on any atom is -0.350 e. The van der Waals surface area contributed by atoms with Crippen molar-refractivity contribution < 1.29 is 9.59 Å². The molecule has 4 bridgehead atoms. The lowest BCUT2D eigenvalue weighted by Crippen LogP contribution is -2.68. The van der Waals surface area contributed by atoms with Crippen LogP contribution in [0, 0.1) is 23.2 Å². The van der Waals surface area contributed by atoms with Gasteiger partial charge in [-0.15, -0.1) is 0 Å². The monoisotopic (exact) mass is 407 g/mol. The molecule has 5 heteroatoms. The molecule has 1 aromatic carbocycles. The number of rotatable bonds is 5. The maximum absolute atomic E-state index is 13.4. The number of carbonyl (C=O) groups excluding carboxylic acids is 2. The standard InChI is InChI=1S/C25H33N3O2/c26-22(23(30)28-7-6-19-10-20(19)28)24-11-17-8-18(12-24)14-25(13-17,15-24)27-21(29)9-16-4-2-1-3-5-16/h1-5,17-20,22H,6-15,26H2,(H,27,29)/t17?,18?,19-,20?,22-,24?,25?/m1/s1. The smallest absolute Gasteiger partial charge is 0.240 e. The van der Waals surface area contributed by atoms with E-state index in [1.807, 2.05) is 30.3 Å². The third-order valence-electron chi connectivity index (χ3n) is 8.95. The van der Waals surface area contributed by atoms with Crippen LogP contribution in [0.1, 0.15) is 56.9 Å². The van der Waals surface area contributed by atoms with Gasteiger partial charge in [-0.25, -0.2) is 0 Å². The first kappa shape index (κ1) is 18.9. The first-order valence-electron chi connectivity index (χ1n) is 11.9. The minimum absolute atomic E-state index is 0.110. The fraction of sp³-hybridized carbons (Fsp3) is 0.680. The molecule has 160 valence electrons. The van der Waals surface area contributed by atoms with Crippen molar-refractivity contribution in [3.05, 3.63) is 35.9 Å². The van der Waals surface area contributed by atoms with Gasteiger partial charge in [0.25, 0.3) is 0 Å². The molecule has 0 spiro atoms. The topological polar surface area (TPSA) is 75.4 Å². The maximum atomic E-state index is 13.4. The van der Waals surface area contributed by atoms with E-state index in [2.05, 4.69) is 10.2 Å². The zero-order chi connectivity index (χ0) is 20.5. The van der Waals surface area contributed by atoms with Gasteiger partial charge >= 0.3 is 0 Å². The molecule has 30 heavy (non-hydrogen) atoms. The molecule has 5 atom stereocenters. The van der Waals surface area contributed by atoms with Crippen molar-refractivity contribution >= 4 is 11.8 Å². The molecular weight excluding hydrogens is 374 g/mol. The van der Waals surface area contributed by atoms with E-state index in [1.165, 1.54) is 12.8 Å². The van der Waals surface area contributed by atoms with Crippen LogP contribution in [-0.2, 0) is 16.0 Å². The number of nitrogens with zero attached hydrogens (tertiary/aromatic N) is 1. The Bertz CT molecular complexity index is 854. The number of piperidine rings is 1. The Kier molecular flexibility index (Phi) is 4.12. The Morgan fingerprint density at radius 1 is 1.10 bits per heavy atom. The molecule has 5 nitrogen and oxygen atoms in total. The first-order valence-corrected chi connectivity index (χ1v) is 11.9. The minimum atomic E-state index is -0.409. The van der Waals surface area contributed by atoms with Crippen molar-refractivity contribution in [2.24, 2.45) is 28.9 Å². The highest BCUT2D eigenvalue weighted by atomic mass is 16.2. The average Bonchev–Trinajstić information content (AvgIpc) is 3.35. The molecular formula is C25H33N3O2. The molecule has 1 saturated heterocycles. The molecule has 2 amide bonds. The molecule has 5 aliphatic carbocycles. The second-order valence-electron chi connectivity index (χ2n) is 11.2. The highest BCUT2D eigenvalue weighted by Gasteiger charge is 2.62. The van der Waals surface area contributed by atoms with Gasteiger partial charge in [-0.05, 0) is 80.1 Å². The number of likely N-dealkylation sites (tertiary alicyclic amines) is 1. The fourth-order valence-electron chi connectivity index (χ4n) is 8.07. The summed E-state index contributed by atoms with van der Waals surface area (Å²) in [6.45, 7) is 0.893. The summed E-state index contributed by atoms with van der Waals surface area (Å²) in [5.41, 5.74) is 7.54. The van der Waals surface area contributed by atoms with Gasteiger partial charge in [-0.3, -0.25) is 9.59 Å². The zero-order valence-corrected chi connectivity index (χ0v) is 17.7. The Labute approximate surface area is 178 Å². The summed E-state index contributed by atoms with van der Waals surface area (Å²) in [5.74, 6) is 2.22. The molecule has 1 aliphatic heterocycles. The number of amides is 2. The number of benzene rings is 1. The maximum Gasteiger partial charge on any atom is 0.240 e. The molecule has 0 aromatic heterocycles. The quantitative estimate of drug-likeness (QED) is 0.788. The van der Waals surface area contributed by atoms with Gasteiger partial charge in [0.2, 0.25) is 11.8 Å². The lowest BCUT2D eigenvalue weighted by atomic mass is 9.45. The van der Waals surface area contributed by atoms with Crippen LogP contribution in [0.2, 0.25) is 0 Å². The van der Waals surface area contributed by atoms with E-state index in [1.54, 1.807) is 0 Å². The summed E-state index contributed by atoms with van der Waals surface area (Å²) < 4.78 is 0. The summed E-state index contributed by atoms with van der Waals surface area (Å²) in [6, 6.07) is 10.0. The van der Waals surface area contributed by atoms with Crippen molar-refractivity contribution in [3.8, 4) is 0 Å². The van der Waals surface area contributed by atoms with Crippen LogP contribution in [0.5, 0.6) is 0 Å². The van der Waals surface area contributed by atoms with Crippen molar-refractivity contribution in [3.63, 3.8) is 0 Å². The van der Waals surface area contributed by atoms with E-state index >= 15 is 0 Å². The molecule has 6 fully saturated rings. The third kappa shape index (κ3) is 3.00. The number of carbonyl (C=O) groups is 2. The van der Waals surface area contributed by atoms with Crippen LogP contribution >= 0.6 is 0 Å². The van der Waals surface area contributed by atoms with E-state index < -0.39 is 6.04 Å². The van der Waals surface area contributed by atoms with Crippen molar-refractivity contribution in [2.45, 2.75) is 75.4 Å². The van der Waals surface area contributed by atoms with Crippen LogP contribution < -0.4 is 11.1 Å². The number of nitrogens with one attached hydrogen (secondary N) is 1. The lowest BCUT2D eigenvalue weighted by molar-refractivity contribution is -0.147. The molecule has 1 aromatic rings. The van der Waals surface area contributed by atoms with Gasteiger partial charge in [-0.2, -0.15) is 0 Å². The molecule has 0 radical (unpaired) electrons. The van der Waals surface area contributed by atoms with Crippen molar-refractivity contribution in [1.82, 2.24) is 10.2 Å². The molecule has 3 N–H and O–H groups in total. The summed E-state index contributed by atoms with van der Waals surface area (Å²) in [4.78, 5) is 28.4. The number of hydrogen-bond donors (Lipinski definition) is 2. The van der Waals surface area contributed by atoms with E-state index in [9.17, 15) is 9.59 Å². The van der Waals surface area contributed by atoms with Crippen LogP contribution in [0.3, 0.4) is 0 Å². The SMILES string of the molecule is N[C@H](C(=O)N1CC[C@@H]2CC21)C12CC3CC(CC(NC(=O)Cc4ccccc4)(C3)C1)C2. The predicted molar refractivity (Wildman–Crippen MR) is 114 cm³/mol. The Morgan fingerprint density at radius 2 is 1.83 bits per heavy atom. The summed E-state index contributed by atoms with van der Waals surface area (Å²) in [5, 5.41) is 3.46. The van der Waals surface area contributed by atoms with E-state index in [0.717, 1.165) is 56.6 Å². The normalized spacial score (nSPS) is 41.4. The molecule has 3 unspecified atom stereocenters. The molecule has 1 heterocycles. The van der Waals surface area contributed by atoms with Crippen LogP contribution in [0.15, 0.2) is 30.3 Å². The van der Waals surface area contributed by atoms with Gasteiger partial charge in [0, 0.05) is 18.1 Å². The number of fused-ring (bicyclic) bond motifs is 1. The highest BCUT2D eigenvalue weighted by Crippen LogP contribution is 2.63. The Morgan fingerprint density at radius 3 is 2.47 bits per heavy atom. The van der Waals surface area contributed by atoms with Crippen LogP contribution in [-0.4, -0.2) is 40.9 Å². The fourth-order valence-corrected chi connectivity index (χ4v) is 8.07. The molecule has 6 aliphatic rings. The summed E-state index contributed by atoms with van der Waals surface area (Å²) in [6.07, 6.45) is 9.12. The van der Waals surface area contributed by atoms with Gasteiger partial charge in [0.15, 0.2) is 0 Å². The van der Waals surface area contributed by atoms with E-state index in [-0.39, 0.29) is 22.8 Å². The van der Waals surface area contributed by atoms with Gasteiger partial charge < -0.3 is 16.0 Å². The van der Waals surface area contributed by atoms with Crippen molar-refractivity contribution in [1.29, 1.82) is 0 Å². The Balaban J connectivity index is 1.21. The molecule has 5 saturated carbocycles. The number of hydrogen-bond acceptors (Lipinski definition) is 3. The summed E-state index contributed by atoms with van der Waals surface area (Å²) in [7, 11) is 0. The Hall–Kier alpha value is -1.88. The lowest BCUT2D eigenvalue weighted by Gasteiger charge is -2.63. The zero-order valence-electron chi connectivity index (χ0n) is 17.7.